The smallest absolute Gasteiger partial charge is 0.169 e. The minimum absolute atomic E-state index is 2.24. The first kappa shape index (κ1) is 12.7. The molecule has 0 radical (unpaired) electrons. The second-order valence-corrected chi connectivity index (χ2v) is 39.0. The maximum Gasteiger partial charge on any atom is 0.340 e. The van der Waals surface area contributed by atoms with E-state index >= 15 is 0 Å². The molecule has 10 heteroatoms. The van der Waals surface area contributed by atoms with Crippen molar-refractivity contribution in [2.45, 2.75) is 0 Å². The Labute approximate surface area is 94.8 Å². The van der Waals surface area contributed by atoms with Crippen LogP contribution >= 0.6 is 77.6 Å². The van der Waals surface area contributed by atoms with Crippen molar-refractivity contribution in [1.29, 1.82) is 0 Å². The molecule has 0 saturated carbocycles. The molecule has 62 valence electrons. The second kappa shape index (κ2) is 4.26. The van der Waals surface area contributed by atoms with Gasteiger partial charge in [-0.15, -0.1) is 66.5 Å². The largest absolute Gasteiger partial charge is 0.340 e. The van der Waals surface area contributed by atoms with Gasteiger partial charge in [0, 0.05) is 0 Å². The molecule has 0 aromatic heterocycles. The molecule has 0 saturated heterocycles. The van der Waals surface area contributed by atoms with Gasteiger partial charge in [-0.3, -0.25) is 0 Å². The summed E-state index contributed by atoms with van der Waals surface area (Å²) in [6.07, 6.45) is 0. The monoisotopic (exact) mass is 330 g/mol. The molecule has 0 N–H and O–H groups in total. The van der Waals surface area contributed by atoms with Gasteiger partial charge in [0.25, 0.3) is 0 Å². The van der Waals surface area contributed by atoms with Crippen LogP contribution in [-0.2, 0) is 0 Å². The summed E-state index contributed by atoms with van der Waals surface area (Å²) in [7, 11) is -2.24. The fourth-order valence-corrected chi connectivity index (χ4v) is 45.1. The molecule has 0 atom stereocenters. The van der Waals surface area contributed by atoms with Gasteiger partial charge >= 0.3 is 11.0 Å². The van der Waals surface area contributed by atoms with E-state index in [4.69, 9.17) is 77.6 Å². The highest BCUT2D eigenvalue weighted by molar-refractivity contribution is 8.12. The zero-order valence-corrected chi connectivity index (χ0v) is 12.7. The lowest BCUT2D eigenvalue weighted by Crippen LogP contribution is -2.46. The van der Waals surface area contributed by atoms with Crippen LogP contribution in [0, 0.1) is 0 Å². The molecule has 0 amide bonds. The molecule has 0 bridgehead atoms. The minimum atomic E-state index is -2.91. The fraction of sp³-hybridized carbons (Fsp3) is 0. The van der Waals surface area contributed by atoms with E-state index in [1.165, 1.54) is 0 Å². The molecule has 0 heterocycles. The summed E-state index contributed by atoms with van der Waals surface area (Å²) in [4.78, 5) is 0. The van der Waals surface area contributed by atoms with Crippen LogP contribution in [-0.4, -0.2) is 18.2 Å². The van der Waals surface area contributed by atoms with Crippen molar-refractivity contribution in [3.63, 3.8) is 0 Å². The lowest BCUT2D eigenvalue weighted by atomic mass is 26.4. The Bertz CT molecular complexity index is 93.0. The average Bonchev–Trinajstić information content (AvgIpc) is 1.59. The number of rotatable bonds is 2. The summed E-state index contributed by atoms with van der Waals surface area (Å²) in [5, 5.41) is 0. The molecular weight excluding hydrogens is 332 g/mol. The van der Waals surface area contributed by atoms with Crippen molar-refractivity contribution in [2.75, 3.05) is 0 Å². The summed E-state index contributed by atoms with van der Waals surface area (Å²) in [6, 6.07) is 0. The molecule has 0 aliphatic rings. The number of hydrogen-bond acceptors (Lipinski definition) is 0. The lowest BCUT2D eigenvalue weighted by Gasteiger charge is -2.17. The van der Waals surface area contributed by atoms with Crippen molar-refractivity contribution in [1.82, 2.24) is 0 Å². The molecule has 0 nitrogen and oxygen atoms in total. The van der Waals surface area contributed by atoms with Gasteiger partial charge in [0.05, 0.1) is 0 Å². The van der Waals surface area contributed by atoms with Crippen LogP contribution in [0.25, 0.3) is 0 Å². The summed E-state index contributed by atoms with van der Waals surface area (Å²) in [6.45, 7) is 0. The average molecular weight is 333 g/mol. The standard InChI is InChI=1S/Cl7HSi3/c1-8(9(2,3)4)10(5,6)7/h8H. The van der Waals surface area contributed by atoms with E-state index in [9.17, 15) is 0 Å². The fourth-order valence-electron chi connectivity index (χ4n) is 0.186. The Kier molecular flexibility index (Phi) is 5.41. The summed E-state index contributed by atoms with van der Waals surface area (Å²) in [5.41, 5.74) is -5.82. The van der Waals surface area contributed by atoms with Crippen molar-refractivity contribution < 1.29 is 0 Å². The van der Waals surface area contributed by atoms with Crippen molar-refractivity contribution in [2.24, 2.45) is 0 Å². The zero-order valence-electron chi connectivity index (χ0n) is 4.22. The van der Waals surface area contributed by atoms with Crippen LogP contribution in [0.3, 0.4) is 0 Å². The SMILES string of the molecule is Cl[SiH]([Si](Cl)(Cl)Cl)[Si](Cl)(Cl)Cl. The summed E-state index contributed by atoms with van der Waals surface area (Å²) >= 11 is 39.0. The molecule has 0 aromatic rings. The molecule has 0 spiro atoms. The molecule has 0 aliphatic carbocycles. The summed E-state index contributed by atoms with van der Waals surface area (Å²) in [5.74, 6) is 0. The van der Waals surface area contributed by atoms with E-state index in [-0.39, 0.29) is 0 Å². The van der Waals surface area contributed by atoms with E-state index in [2.05, 4.69) is 0 Å². The Hall–Kier alpha value is 2.68. The van der Waals surface area contributed by atoms with Crippen LogP contribution in [0.5, 0.6) is 0 Å². The first-order valence-corrected chi connectivity index (χ1v) is 17.4. The lowest BCUT2D eigenvalue weighted by molar-refractivity contribution is 3.45. The van der Waals surface area contributed by atoms with Crippen LogP contribution in [0.1, 0.15) is 0 Å². The number of halogens is 7. The Morgan fingerprint density at radius 3 is 0.900 bits per heavy atom. The molecule has 0 unspecified atom stereocenters. The van der Waals surface area contributed by atoms with E-state index in [1.807, 2.05) is 0 Å². The Balaban J connectivity index is 4.23. The third-order valence-electron chi connectivity index (χ3n) is 0.575. The Morgan fingerprint density at radius 1 is 0.700 bits per heavy atom. The molecular formula is HCl7Si3. The molecule has 0 aliphatic heterocycles. The second-order valence-electron chi connectivity index (χ2n) is 1.45. The maximum absolute atomic E-state index is 5.70. The van der Waals surface area contributed by atoms with Crippen LogP contribution in [0.2, 0.25) is 0 Å². The number of hydrogen-bond donors (Lipinski definition) is 0. The molecule has 10 heavy (non-hydrogen) atoms. The van der Waals surface area contributed by atoms with Crippen molar-refractivity contribution in [3.05, 3.63) is 0 Å². The maximum atomic E-state index is 5.70. The highest BCUT2D eigenvalue weighted by Gasteiger charge is 2.52. The topological polar surface area (TPSA) is 0 Å². The molecule has 0 fully saturated rings. The van der Waals surface area contributed by atoms with E-state index in [1.54, 1.807) is 0 Å². The van der Waals surface area contributed by atoms with Gasteiger partial charge in [0.2, 0.25) is 7.14 Å². The predicted octanol–water partition coefficient (Wildman–Crippen LogP) is 3.42. The quantitative estimate of drug-likeness (QED) is 0.537. The van der Waals surface area contributed by atoms with Gasteiger partial charge in [0.1, 0.15) is 0 Å². The normalized spacial score (nSPS) is 14.4. The van der Waals surface area contributed by atoms with Gasteiger partial charge < -0.3 is 0 Å². The molecule has 0 rings (SSSR count). The van der Waals surface area contributed by atoms with E-state index in [0.717, 1.165) is 0 Å². The van der Waals surface area contributed by atoms with Gasteiger partial charge in [0.15, 0.2) is 0 Å². The van der Waals surface area contributed by atoms with Crippen LogP contribution in [0.15, 0.2) is 0 Å². The van der Waals surface area contributed by atoms with Crippen LogP contribution < -0.4 is 0 Å². The zero-order chi connectivity index (χ0) is 8.58. The third kappa shape index (κ3) is 4.64. The minimum Gasteiger partial charge on any atom is -0.169 e. The van der Waals surface area contributed by atoms with E-state index in [0.29, 0.717) is 0 Å². The Morgan fingerprint density at radius 2 is 0.900 bits per heavy atom. The predicted molar refractivity (Wildman–Crippen MR) is 59.6 cm³/mol. The van der Waals surface area contributed by atoms with Gasteiger partial charge in [-0.1, -0.05) is 0 Å². The van der Waals surface area contributed by atoms with E-state index < -0.39 is 18.2 Å². The summed E-state index contributed by atoms with van der Waals surface area (Å²) < 4.78 is 0. The highest BCUT2D eigenvalue weighted by Crippen LogP contribution is 2.36. The van der Waals surface area contributed by atoms with Crippen LogP contribution in [0.4, 0.5) is 0 Å². The molecule has 0 aromatic carbocycles. The highest BCUT2D eigenvalue weighted by atomic mass is 35.9. The third-order valence-corrected chi connectivity index (χ3v) is 46.6. The van der Waals surface area contributed by atoms with Gasteiger partial charge in [-0.25, -0.2) is 0 Å². The van der Waals surface area contributed by atoms with Crippen molar-refractivity contribution >= 4 is 95.7 Å². The van der Waals surface area contributed by atoms with Gasteiger partial charge in [-0.05, 0) is 0 Å². The van der Waals surface area contributed by atoms with Crippen molar-refractivity contribution in [3.8, 4) is 0 Å². The van der Waals surface area contributed by atoms with Gasteiger partial charge in [-0.2, -0.15) is 11.1 Å². The first-order chi connectivity index (χ1) is 4.15. The first-order valence-electron chi connectivity index (χ1n) is 1.93.